The van der Waals surface area contributed by atoms with E-state index in [4.69, 9.17) is 9.16 Å². The molecular formula is C22H35N5O5SSi. The van der Waals surface area contributed by atoms with Gasteiger partial charge in [-0.3, -0.25) is 0 Å². The fraction of sp³-hybridized carbons (Fsp3) is 0.636. The second kappa shape index (κ2) is 10.1. The molecule has 1 aliphatic rings. The molecule has 1 aromatic heterocycles. The SMILES string of the molecule is CC(COC(=O)N1CC[C@H](O[Si](C)(C)C(C)(C)C)C1)CS(=O)(=O)c1nnnn1-c1ccccc1. The predicted octanol–water partition coefficient (Wildman–Crippen LogP) is 3.30. The molecular weight excluding hydrogens is 474 g/mol. The highest BCUT2D eigenvalue weighted by atomic mass is 32.2. The molecule has 2 aromatic rings. The number of hydrogen-bond donors (Lipinski definition) is 0. The lowest BCUT2D eigenvalue weighted by atomic mass is 10.2. The zero-order valence-corrected chi connectivity index (χ0v) is 22.6. The molecule has 188 valence electrons. The van der Waals surface area contributed by atoms with Gasteiger partial charge in [-0.2, -0.15) is 4.68 Å². The topological polar surface area (TPSA) is 117 Å². The third-order valence-electron chi connectivity index (χ3n) is 6.39. The maximum Gasteiger partial charge on any atom is 0.409 e. The lowest BCUT2D eigenvalue weighted by Crippen LogP contribution is -2.44. The Morgan fingerprint density at radius 1 is 1.24 bits per heavy atom. The summed E-state index contributed by atoms with van der Waals surface area (Å²) in [6.45, 7) is 13.7. The van der Waals surface area contributed by atoms with Crippen molar-refractivity contribution >= 4 is 24.2 Å². The Morgan fingerprint density at radius 2 is 1.91 bits per heavy atom. The van der Waals surface area contributed by atoms with E-state index in [0.29, 0.717) is 18.8 Å². The van der Waals surface area contributed by atoms with Crippen molar-refractivity contribution in [3.8, 4) is 5.69 Å². The fourth-order valence-corrected chi connectivity index (χ4v) is 6.43. The average molecular weight is 510 g/mol. The molecule has 2 atom stereocenters. The Labute approximate surface area is 202 Å². The number of benzene rings is 1. The van der Waals surface area contributed by atoms with Crippen LogP contribution in [0.5, 0.6) is 0 Å². The number of para-hydroxylation sites is 1. The van der Waals surface area contributed by atoms with E-state index in [9.17, 15) is 13.2 Å². The molecule has 0 saturated carbocycles. The van der Waals surface area contributed by atoms with Gasteiger partial charge in [-0.25, -0.2) is 13.2 Å². The van der Waals surface area contributed by atoms with Gasteiger partial charge in [-0.1, -0.05) is 51.0 Å². The number of sulfone groups is 1. The van der Waals surface area contributed by atoms with Crippen molar-refractivity contribution in [3.05, 3.63) is 30.3 Å². The van der Waals surface area contributed by atoms with Gasteiger partial charge in [0.15, 0.2) is 8.32 Å². The van der Waals surface area contributed by atoms with E-state index < -0.39 is 30.2 Å². The van der Waals surface area contributed by atoms with Gasteiger partial charge in [0.25, 0.3) is 5.16 Å². The zero-order chi connectivity index (χ0) is 25.1. The maximum absolute atomic E-state index is 12.9. The summed E-state index contributed by atoms with van der Waals surface area (Å²) in [4.78, 5) is 14.2. The van der Waals surface area contributed by atoms with E-state index in [2.05, 4.69) is 49.4 Å². The van der Waals surface area contributed by atoms with Gasteiger partial charge in [0.2, 0.25) is 9.84 Å². The maximum atomic E-state index is 12.9. The van der Waals surface area contributed by atoms with Crippen LogP contribution in [0.25, 0.3) is 5.69 Å². The zero-order valence-electron chi connectivity index (χ0n) is 20.8. The first-order valence-corrected chi connectivity index (χ1v) is 16.0. The van der Waals surface area contributed by atoms with E-state index in [1.807, 2.05) is 6.07 Å². The van der Waals surface area contributed by atoms with Crippen molar-refractivity contribution in [2.75, 3.05) is 25.4 Å². The molecule has 0 N–H and O–H groups in total. The predicted molar refractivity (Wildman–Crippen MR) is 130 cm³/mol. The number of likely N-dealkylation sites (tertiary alicyclic amines) is 1. The monoisotopic (exact) mass is 509 g/mol. The van der Waals surface area contributed by atoms with Crippen molar-refractivity contribution < 1.29 is 22.4 Å². The molecule has 0 spiro atoms. The molecule has 0 bridgehead atoms. The molecule has 1 fully saturated rings. The Morgan fingerprint density at radius 3 is 2.56 bits per heavy atom. The standard InChI is InChI=1S/C22H35N5O5SSi/c1-17(16-33(29,30)20-23-24-25-27(20)18-10-8-7-9-11-18)15-31-21(28)26-13-12-19(14-26)32-34(5,6)22(2,3)4/h7-11,17,19H,12-16H2,1-6H3/t17?,19-/m0/s1. The molecule has 34 heavy (non-hydrogen) atoms. The van der Waals surface area contributed by atoms with E-state index in [0.717, 1.165) is 6.42 Å². The van der Waals surface area contributed by atoms with Crippen LogP contribution in [0.1, 0.15) is 34.1 Å². The summed E-state index contributed by atoms with van der Waals surface area (Å²) in [5.74, 6) is -0.679. The average Bonchev–Trinajstić information content (AvgIpc) is 3.41. The van der Waals surface area contributed by atoms with Crippen LogP contribution in [0.4, 0.5) is 4.79 Å². The van der Waals surface area contributed by atoms with Gasteiger partial charge in [0.1, 0.15) is 0 Å². The van der Waals surface area contributed by atoms with E-state index in [1.54, 1.807) is 36.1 Å². The number of hydrogen-bond acceptors (Lipinski definition) is 8. The minimum Gasteiger partial charge on any atom is -0.449 e. The summed E-state index contributed by atoms with van der Waals surface area (Å²) < 4.78 is 38.9. The Hall–Kier alpha value is -2.31. The Balaban J connectivity index is 1.52. The van der Waals surface area contributed by atoms with Crippen LogP contribution >= 0.6 is 0 Å². The number of ether oxygens (including phenoxy) is 1. The Bertz CT molecular complexity index is 1080. The quantitative estimate of drug-likeness (QED) is 0.498. The first-order valence-electron chi connectivity index (χ1n) is 11.5. The summed E-state index contributed by atoms with van der Waals surface area (Å²) >= 11 is 0. The van der Waals surface area contributed by atoms with Crippen molar-refractivity contribution in [3.63, 3.8) is 0 Å². The molecule has 1 aromatic carbocycles. The van der Waals surface area contributed by atoms with Crippen LogP contribution in [-0.2, 0) is 19.0 Å². The van der Waals surface area contributed by atoms with Crippen LogP contribution in [0, 0.1) is 5.92 Å². The number of carbonyl (C=O) groups excluding carboxylic acids is 1. The first-order chi connectivity index (χ1) is 15.8. The number of aromatic nitrogens is 4. The van der Waals surface area contributed by atoms with E-state index in [1.165, 1.54) is 4.68 Å². The number of carbonyl (C=O) groups is 1. The highest BCUT2D eigenvalue weighted by Gasteiger charge is 2.41. The van der Waals surface area contributed by atoms with E-state index >= 15 is 0 Å². The van der Waals surface area contributed by atoms with Crippen LogP contribution < -0.4 is 0 Å². The summed E-state index contributed by atoms with van der Waals surface area (Å²) in [5, 5.41) is 10.9. The van der Waals surface area contributed by atoms with Gasteiger partial charge < -0.3 is 14.1 Å². The van der Waals surface area contributed by atoms with Gasteiger partial charge >= 0.3 is 6.09 Å². The van der Waals surface area contributed by atoms with Crippen molar-refractivity contribution in [1.82, 2.24) is 25.1 Å². The van der Waals surface area contributed by atoms with Crippen molar-refractivity contribution in [1.29, 1.82) is 0 Å². The largest absolute Gasteiger partial charge is 0.449 e. The van der Waals surface area contributed by atoms with E-state index in [-0.39, 0.29) is 28.7 Å². The molecule has 0 aliphatic carbocycles. The normalized spacial score (nSPS) is 18.2. The molecule has 1 unspecified atom stereocenters. The molecule has 0 radical (unpaired) electrons. The molecule has 10 nitrogen and oxygen atoms in total. The summed E-state index contributed by atoms with van der Waals surface area (Å²) in [6, 6.07) is 8.81. The highest BCUT2D eigenvalue weighted by Crippen LogP contribution is 2.38. The van der Waals surface area contributed by atoms with Crippen LogP contribution in [0.3, 0.4) is 0 Å². The smallest absolute Gasteiger partial charge is 0.409 e. The highest BCUT2D eigenvalue weighted by molar-refractivity contribution is 7.91. The van der Waals surface area contributed by atoms with Gasteiger partial charge in [0, 0.05) is 19.0 Å². The lowest BCUT2D eigenvalue weighted by molar-refractivity contribution is 0.0942. The summed E-state index contributed by atoms with van der Waals surface area (Å²) in [5.41, 5.74) is 0.550. The number of nitrogens with zero attached hydrogens (tertiary/aromatic N) is 5. The first kappa shape index (κ1) is 26.3. The van der Waals surface area contributed by atoms with Crippen molar-refractivity contribution in [2.24, 2.45) is 5.92 Å². The summed E-state index contributed by atoms with van der Waals surface area (Å²) in [6.07, 6.45) is 0.330. The molecule has 3 rings (SSSR count). The van der Waals surface area contributed by atoms with Crippen LogP contribution in [0.2, 0.25) is 18.1 Å². The third-order valence-corrected chi connectivity index (χ3v) is 12.7. The minimum absolute atomic E-state index is 0.00286. The fourth-order valence-electron chi connectivity index (χ4n) is 3.49. The van der Waals surface area contributed by atoms with Gasteiger partial charge in [-0.05, 0) is 47.1 Å². The molecule has 1 aliphatic heterocycles. The van der Waals surface area contributed by atoms with Crippen LogP contribution in [0.15, 0.2) is 35.5 Å². The molecule has 1 saturated heterocycles. The third kappa shape index (κ3) is 6.22. The van der Waals surface area contributed by atoms with Gasteiger partial charge in [-0.15, -0.1) is 0 Å². The number of tetrazole rings is 1. The summed E-state index contributed by atoms with van der Waals surface area (Å²) in [7, 11) is -5.72. The number of amides is 1. The second-order valence-corrected chi connectivity index (χ2v) is 17.1. The second-order valence-electron chi connectivity index (χ2n) is 10.4. The van der Waals surface area contributed by atoms with Crippen LogP contribution in [-0.4, -0.2) is 79.5 Å². The molecule has 2 heterocycles. The molecule has 12 heteroatoms. The van der Waals surface area contributed by atoms with Gasteiger partial charge in [0.05, 0.1) is 24.2 Å². The minimum atomic E-state index is -3.80. The van der Waals surface area contributed by atoms with Crippen molar-refractivity contribution in [2.45, 2.75) is 63.5 Å². The lowest BCUT2D eigenvalue weighted by Gasteiger charge is -2.38. The number of rotatable bonds is 8. The Kier molecular flexibility index (Phi) is 7.83. The molecule has 1 amide bonds.